The Morgan fingerprint density at radius 2 is 1.45 bits per heavy atom. The molecule has 0 saturated carbocycles. The summed E-state index contributed by atoms with van der Waals surface area (Å²) in [5, 5.41) is 13.9. The third-order valence-electron chi connectivity index (χ3n) is 14.2. The van der Waals surface area contributed by atoms with Gasteiger partial charge < -0.3 is 51.6 Å². The molecule has 1 aliphatic rings. The normalized spacial score (nSPS) is 17.4. The zero-order valence-corrected chi connectivity index (χ0v) is 47.1. The van der Waals surface area contributed by atoms with Crippen LogP contribution < -0.4 is 37.0 Å². The van der Waals surface area contributed by atoms with Gasteiger partial charge in [-0.25, -0.2) is 17.9 Å². The molecule has 10 atom stereocenters. The lowest BCUT2D eigenvalue weighted by Gasteiger charge is -2.41. The standard InChI is InChI=1S/C53H86N10O11S/c1-14-34(6)46(62(11)52(69)44(32(2)3)59-51(68)45(33(4)5)61(9)10)42(73-12)31-43(64)63-29-19-23-41(63)47(74-13)35(7)48(65)58-40(30-36-20-16-15-17-21-36)50(67)60-75(71,72)38-26-24-37(25-27-38)57-49(66)39(55-8)22-18-28-56-53(54)70/h15-17,20-21,24-27,32-35,39-42,44-47,55H,14,18-19,22-23,28-31H2,1-13H3,(H,57,66)(H,58,65)(H,59,68)(H,60,67)(H3,54,56,70)/t34-,35+,39-,40-,41-,42+,44-,45?,46?,47+/m0/s1. The van der Waals surface area contributed by atoms with Crippen LogP contribution in [0.25, 0.3) is 0 Å². The van der Waals surface area contributed by atoms with Gasteiger partial charge in [0, 0.05) is 46.5 Å². The number of primary amides is 1. The van der Waals surface area contributed by atoms with Crippen molar-refractivity contribution in [1.29, 1.82) is 0 Å². The molecular weight excluding hydrogens is 985 g/mol. The highest BCUT2D eigenvalue weighted by Crippen LogP contribution is 2.30. The summed E-state index contributed by atoms with van der Waals surface area (Å²) >= 11 is 0. The molecule has 0 spiro atoms. The van der Waals surface area contributed by atoms with Gasteiger partial charge in [-0.05, 0) is 94.4 Å². The number of likely N-dealkylation sites (N-methyl/N-ethyl adjacent to an activating group) is 3. The van der Waals surface area contributed by atoms with Crippen LogP contribution in [-0.2, 0) is 54.7 Å². The average Bonchev–Trinajstić information content (AvgIpc) is 3.84. The molecule has 8 amide bonds. The van der Waals surface area contributed by atoms with Crippen molar-refractivity contribution in [3.8, 4) is 0 Å². The summed E-state index contributed by atoms with van der Waals surface area (Å²) < 4.78 is 41.5. The van der Waals surface area contributed by atoms with Crippen molar-refractivity contribution < 1.29 is 51.5 Å². The highest BCUT2D eigenvalue weighted by Gasteiger charge is 2.44. The van der Waals surface area contributed by atoms with E-state index in [0.29, 0.717) is 49.9 Å². The number of nitrogens with one attached hydrogen (secondary N) is 6. The van der Waals surface area contributed by atoms with Crippen LogP contribution in [0, 0.1) is 23.7 Å². The van der Waals surface area contributed by atoms with Gasteiger partial charge in [0.1, 0.15) is 12.1 Å². The van der Waals surface area contributed by atoms with Crippen molar-refractivity contribution in [2.45, 2.75) is 147 Å². The number of methoxy groups -OCH3 is 2. The first-order chi connectivity index (χ1) is 35.3. The monoisotopic (exact) mass is 1070 g/mol. The van der Waals surface area contributed by atoms with E-state index in [0.717, 1.165) is 0 Å². The lowest BCUT2D eigenvalue weighted by atomic mass is 9.89. The van der Waals surface area contributed by atoms with E-state index in [1.54, 1.807) is 61.2 Å². The van der Waals surface area contributed by atoms with Gasteiger partial charge in [-0.15, -0.1) is 0 Å². The Kier molecular flexibility index (Phi) is 25.6. The van der Waals surface area contributed by atoms with Crippen molar-refractivity contribution in [3.05, 3.63) is 60.2 Å². The van der Waals surface area contributed by atoms with E-state index in [9.17, 15) is 42.0 Å². The average molecular weight is 1070 g/mol. The van der Waals surface area contributed by atoms with Gasteiger partial charge >= 0.3 is 6.03 Å². The lowest BCUT2D eigenvalue weighted by molar-refractivity contribution is -0.148. The number of benzene rings is 2. The summed E-state index contributed by atoms with van der Waals surface area (Å²) in [5.41, 5.74) is 6.05. The minimum Gasteiger partial charge on any atom is -0.379 e. The van der Waals surface area contributed by atoms with Gasteiger partial charge in [-0.3, -0.25) is 33.7 Å². The zero-order valence-electron chi connectivity index (χ0n) is 46.3. The van der Waals surface area contributed by atoms with Crippen molar-refractivity contribution in [2.75, 3.05) is 60.8 Å². The third kappa shape index (κ3) is 18.2. The molecule has 2 unspecified atom stereocenters. The van der Waals surface area contributed by atoms with E-state index < -0.39 is 82.2 Å². The van der Waals surface area contributed by atoms with Gasteiger partial charge in [0.15, 0.2) is 0 Å². The number of sulfonamides is 1. The number of carbonyl (C=O) groups excluding carboxylic acids is 7. The number of amides is 8. The summed E-state index contributed by atoms with van der Waals surface area (Å²) in [6.45, 7) is 13.9. The molecule has 0 aliphatic carbocycles. The summed E-state index contributed by atoms with van der Waals surface area (Å²) in [6, 6.07) is 8.97. The first kappa shape index (κ1) is 63.6. The Bertz CT molecular complexity index is 2300. The van der Waals surface area contributed by atoms with Crippen molar-refractivity contribution in [1.82, 2.24) is 40.7 Å². The summed E-state index contributed by atoms with van der Waals surface area (Å²) in [5.74, 6) is -4.09. The van der Waals surface area contributed by atoms with E-state index in [1.165, 1.54) is 38.5 Å². The zero-order chi connectivity index (χ0) is 56.3. The van der Waals surface area contributed by atoms with Gasteiger partial charge in [0.2, 0.25) is 29.5 Å². The molecular formula is C53H86N10O11S. The van der Waals surface area contributed by atoms with Crippen molar-refractivity contribution in [2.24, 2.45) is 29.4 Å². The molecule has 1 saturated heterocycles. The Labute approximate surface area is 444 Å². The second kappa shape index (κ2) is 30.2. The Morgan fingerprint density at radius 3 is 1.99 bits per heavy atom. The van der Waals surface area contributed by atoms with Gasteiger partial charge in [-0.2, -0.15) is 0 Å². The molecule has 1 heterocycles. The SMILES string of the molecule is CC[C@H](C)C([C@@H](CC(=O)N1CCC[C@H]1[C@H](OC)[C@@H](C)C(=O)N[C@@H](Cc1ccccc1)C(=O)NS(=O)(=O)c1ccc(NC(=O)[C@H](CCCNC(N)=O)NC)cc1)OC)N(C)C(=O)[C@@H](NC(=O)C(C(C)C)N(C)C)C(C)C. The van der Waals surface area contributed by atoms with E-state index in [4.69, 9.17) is 15.2 Å². The highest BCUT2D eigenvalue weighted by molar-refractivity contribution is 7.90. The van der Waals surface area contributed by atoms with Crippen LogP contribution in [0.4, 0.5) is 10.5 Å². The summed E-state index contributed by atoms with van der Waals surface area (Å²) in [4.78, 5) is 99.5. The number of ether oxygens (including phenoxy) is 2. The number of anilines is 1. The van der Waals surface area contributed by atoms with Crippen LogP contribution in [0.5, 0.6) is 0 Å². The second-order valence-electron chi connectivity index (χ2n) is 20.5. The number of nitrogens with two attached hydrogens (primary N) is 1. The van der Waals surface area contributed by atoms with Crippen molar-refractivity contribution >= 4 is 57.2 Å². The number of rotatable bonds is 30. The highest BCUT2D eigenvalue weighted by atomic mass is 32.2. The number of hydrogen-bond acceptors (Lipinski definition) is 13. The molecule has 0 radical (unpaired) electrons. The Hall–Kier alpha value is -5.68. The Morgan fingerprint density at radius 1 is 0.813 bits per heavy atom. The van der Waals surface area contributed by atoms with Crippen LogP contribution >= 0.6 is 0 Å². The molecule has 1 fully saturated rings. The minimum atomic E-state index is -4.49. The molecule has 0 aromatic heterocycles. The molecule has 2 aromatic carbocycles. The predicted molar refractivity (Wildman–Crippen MR) is 287 cm³/mol. The number of likely N-dealkylation sites (tertiary alicyclic amines) is 1. The van der Waals surface area contributed by atoms with Gasteiger partial charge in [0.05, 0.1) is 53.6 Å². The number of hydrogen-bond donors (Lipinski definition) is 7. The molecule has 420 valence electrons. The van der Waals surface area contributed by atoms with E-state index in [-0.39, 0.29) is 65.7 Å². The molecule has 3 rings (SSSR count). The number of nitrogens with zero attached hydrogens (tertiary/aromatic N) is 3. The maximum Gasteiger partial charge on any atom is 0.312 e. The summed E-state index contributed by atoms with van der Waals surface area (Å²) in [7, 11) is 5.42. The molecule has 75 heavy (non-hydrogen) atoms. The maximum absolute atomic E-state index is 14.5. The quantitative estimate of drug-likeness (QED) is 0.0556. The fraction of sp³-hybridized carbons (Fsp3) is 0.642. The third-order valence-corrected chi connectivity index (χ3v) is 15.5. The molecule has 22 heteroatoms. The largest absolute Gasteiger partial charge is 0.379 e. The molecule has 21 nitrogen and oxygen atoms in total. The lowest BCUT2D eigenvalue weighted by Crippen LogP contribution is -2.59. The van der Waals surface area contributed by atoms with Crippen LogP contribution in [0.3, 0.4) is 0 Å². The minimum absolute atomic E-state index is 0.00518. The maximum atomic E-state index is 14.5. The van der Waals surface area contributed by atoms with Crippen molar-refractivity contribution in [3.63, 3.8) is 0 Å². The first-order valence-corrected chi connectivity index (χ1v) is 27.4. The smallest absolute Gasteiger partial charge is 0.312 e. The predicted octanol–water partition coefficient (Wildman–Crippen LogP) is 2.84. The molecule has 8 N–H and O–H groups in total. The number of carbonyl (C=O) groups is 7. The fourth-order valence-corrected chi connectivity index (χ4v) is 10.9. The second-order valence-corrected chi connectivity index (χ2v) is 22.2. The molecule has 2 aromatic rings. The van der Waals surface area contributed by atoms with E-state index in [2.05, 4.69) is 31.3 Å². The fourth-order valence-electron chi connectivity index (χ4n) is 9.91. The number of urea groups is 1. The van der Waals surface area contributed by atoms with Gasteiger partial charge in [-0.1, -0.05) is 85.2 Å². The Balaban J connectivity index is 1.80. The van der Waals surface area contributed by atoms with E-state index in [1.807, 2.05) is 60.5 Å². The first-order valence-electron chi connectivity index (χ1n) is 25.9. The molecule has 1 aliphatic heterocycles. The van der Waals surface area contributed by atoms with Crippen LogP contribution in [-0.4, -0.2) is 169 Å². The van der Waals surface area contributed by atoms with Crippen LogP contribution in [0.1, 0.15) is 92.6 Å². The van der Waals surface area contributed by atoms with Gasteiger partial charge in [0.25, 0.3) is 15.9 Å². The molecule has 0 bridgehead atoms. The van der Waals surface area contributed by atoms with Crippen LogP contribution in [0.2, 0.25) is 0 Å². The topological polar surface area (TPSA) is 280 Å². The van der Waals surface area contributed by atoms with Crippen LogP contribution in [0.15, 0.2) is 59.5 Å². The summed E-state index contributed by atoms with van der Waals surface area (Å²) in [6.07, 6.45) is 0.908. The van der Waals surface area contributed by atoms with E-state index >= 15 is 0 Å².